The van der Waals surface area contributed by atoms with E-state index in [0.29, 0.717) is 13.0 Å². The number of rotatable bonds is 5. The Bertz CT molecular complexity index is 772. The summed E-state index contributed by atoms with van der Waals surface area (Å²) in [7, 11) is 0. The van der Waals surface area contributed by atoms with Crippen molar-refractivity contribution in [1.29, 1.82) is 0 Å². The predicted octanol–water partition coefficient (Wildman–Crippen LogP) is 1.43. The molecule has 2 heterocycles. The smallest absolute Gasteiger partial charge is 0.242 e. The van der Waals surface area contributed by atoms with Crippen LogP contribution in [0.2, 0.25) is 0 Å². The molecule has 1 saturated heterocycles. The van der Waals surface area contributed by atoms with Crippen molar-refractivity contribution in [3.63, 3.8) is 0 Å². The number of amides is 1. The number of aliphatic hydroxyl groups excluding tert-OH is 1. The Morgan fingerprint density at radius 2 is 2.12 bits per heavy atom. The van der Waals surface area contributed by atoms with Gasteiger partial charge in [-0.3, -0.25) is 9.48 Å². The van der Waals surface area contributed by atoms with Crippen LogP contribution in [0.4, 0.5) is 0 Å². The Hall–Kier alpha value is -2.18. The summed E-state index contributed by atoms with van der Waals surface area (Å²) in [5, 5.41) is 21.6. The van der Waals surface area contributed by atoms with Crippen molar-refractivity contribution in [3.05, 3.63) is 52.8 Å². The predicted molar refractivity (Wildman–Crippen MR) is 101 cm³/mol. The minimum absolute atomic E-state index is 0.136. The highest BCUT2D eigenvalue weighted by atomic mass is 16.3. The van der Waals surface area contributed by atoms with Gasteiger partial charge >= 0.3 is 0 Å². The summed E-state index contributed by atoms with van der Waals surface area (Å²) in [5.41, 5.74) is 3.35. The van der Waals surface area contributed by atoms with E-state index in [1.165, 1.54) is 5.56 Å². The van der Waals surface area contributed by atoms with Crippen LogP contribution in [0.25, 0.3) is 0 Å². The minimum Gasteiger partial charge on any atom is -0.389 e. The third-order valence-electron chi connectivity index (χ3n) is 5.43. The third-order valence-corrected chi connectivity index (χ3v) is 5.43. The van der Waals surface area contributed by atoms with Crippen LogP contribution in [-0.2, 0) is 23.3 Å². The van der Waals surface area contributed by atoms with Crippen LogP contribution < -0.4 is 10.6 Å². The zero-order valence-corrected chi connectivity index (χ0v) is 15.7. The van der Waals surface area contributed by atoms with Gasteiger partial charge in [-0.1, -0.05) is 37.3 Å². The average Bonchev–Trinajstić information content (AvgIpc) is 2.90. The lowest BCUT2D eigenvalue weighted by atomic mass is 9.79. The first kappa shape index (κ1) is 18.6. The lowest BCUT2D eigenvalue weighted by molar-refractivity contribution is -0.126. The van der Waals surface area contributed by atoms with E-state index in [2.05, 4.69) is 22.7 Å². The summed E-state index contributed by atoms with van der Waals surface area (Å²) in [4.78, 5) is 12.9. The highest BCUT2D eigenvalue weighted by Crippen LogP contribution is 2.31. The third kappa shape index (κ3) is 3.39. The zero-order valence-electron chi connectivity index (χ0n) is 15.7. The van der Waals surface area contributed by atoms with Gasteiger partial charge in [-0.15, -0.1) is 0 Å². The first-order valence-electron chi connectivity index (χ1n) is 9.26. The van der Waals surface area contributed by atoms with E-state index < -0.39 is 11.6 Å². The van der Waals surface area contributed by atoms with E-state index >= 15 is 0 Å². The second kappa shape index (κ2) is 7.60. The summed E-state index contributed by atoms with van der Waals surface area (Å²) in [5.74, 6) is -0.136. The first-order valence-corrected chi connectivity index (χ1v) is 9.26. The topological polar surface area (TPSA) is 79.2 Å². The molecular weight excluding hydrogens is 328 g/mol. The van der Waals surface area contributed by atoms with Crippen molar-refractivity contribution in [1.82, 2.24) is 20.4 Å². The van der Waals surface area contributed by atoms with E-state index in [1.807, 2.05) is 44.2 Å². The number of carbonyl (C=O) groups excluding carboxylic acids is 1. The van der Waals surface area contributed by atoms with Crippen LogP contribution in [0.3, 0.4) is 0 Å². The summed E-state index contributed by atoms with van der Waals surface area (Å²) < 4.78 is 1.76. The molecule has 6 nitrogen and oxygen atoms in total. The second-order valence-corrected chi connectivity index (χ2v) is 7.02. The van der Waals surface area contributed by atoms with Crippen LogP contribution in [0.15, 0.2) is 30.3 Å². The first-order chi connectivity index (χ1) is 12.5. The standard InChI is InChI=1S/C20H28N4O2/c1-4-17-14(2)23-24(15(17)3)13-19(26)22-20(10-11-21-12-18(20)25)16-8-6-5-7-9-16/h5-9,18,21,25H,4,10-13H2,1-3H3,(H,22,26)/t18-,20+/m1/s1. The van der Waals surface area contributed by atoms with E-state index in [9.17, 15) is 9.90 Å². The van der Waals surface area contributed by atoms with Gasteiger partial charge in [0.2, 0.25) is 5.91 Å². The van der Waals surface area contributed by atoms with Crippen molar-refractivity contribution in [2.75, 3.05) is 13.1 Å². The van der Waals surface area contributed by atoms with Gasteiger partial charge in [-0.05, 0) is 44.4 Å². The molecule has 0 bridgehead atoms. The normalized spacial score (nSPS) is 23.0. The van der Waals surface area contributed by atoms with E-state index in [4.69, 9.17) is 0 Å². The SMILES string of the molecule is CCc1c(C)nn(CC(=O)N[C@]2(c3ccccc3)CCNC[C@H]2O)c1C. The Morgan fingerprint density at radius 3 is 2.73 bits per heavy atom. The van der Waals surface area contributed by atoms with Gasteiger partial charge in [0.05, 0.1) is 17.3 Å². The molecule has 0 saturated carbocycles. The average molecular weight is 356 g/mol. The number of piperidine rings is 1. The summed E-state index contributed by atoms with van der Waals surface area (Å²) in [6.45, 7) is 7.42. The van der Waals surface area contributed by atoms with Gasteiger partial charge in [0.25, 0.3) is 0 Å². The quantitative estimate of drug-likeness (QED) is 0.757. The van der Waals surface area contributed by atoms with E-state index in [0.717, 1.165) is 29.9 Å². The zero-order chi connectivity index (χ0) is 18.7. The van der Waals surface area contributed by atoms with Gasteiger partial charge in [0.1, 0.15) is 6.54 Å². The fourth-order valence-electron chi connectivity index (χ4n) is 3.98. The molecule has 26 heavy (non-hydrogen) atoms. The van der Waals surface area contributed by atoms with Crippen LogP contribution in [0.5, 0.6) is 0 Å². The molecule has 1 aliphatic rings. The van der Waals surface area contributed by atoms with Gasteiger partial charge in [0.15, 0.2) is 0 Å². The molecule has 0 spiro atoms. The Morgan fingerprint density at radius 1 is 1.38 bits per heavy atom. The highest BCUT2D eigenvalue weighted by molar-refractivity contribution is 5.77. The number of nitrogens with zero attached hydrogens (tertiary/aromatic N) is 2. The molecule has 1 aliphatic heterocycles. The van der Waals surface area contributed by atoms with Crippen molar-refractivity contribution >= 4 is 5.91 Å². The Balaban J connectivity index is 1.85. The molecule has 0 radical (unpaired) electrons. The Labute approximate surface area is 154 Å². The molecule has 2 atom stereocenters. The molecule has 1 amide bonds. The molecule has 2 aromatic rings. The maximum atomic E-state index is 12.9. The van der Waals surface area contributed by atoms with Crippen molar-refractivity contribution < 1.29 is 9.90 Å². The number of hydrogen-bond donors (Lipinski definition) is 3. The molecule has 3 N–H and O–H groups in total. The number of benzene rings is 1. The second-order valence-electron chi connectivity index (χ2n) is 7.02. The largest absolute Gasteiger partial charge is 0.389 e. The van der Waals surface area contributed by atoms with E-state index in [-0.39, 0.29) is 12.5 Å². The maximum absolute atomic E-state index is 12.9. The van der Waals surface area contributed by atoms with Gasteiger partial charge < -0.3 is 15.7 Å². The number of nitrogens with one attached hydrogen (secondary N) is 2. The highest BCUT2D eigenvalue weighted by Gasteiger charge is 2.42. The minimum atomic E-state index is -0.771. The summed E-state index contributed by atoms with van der Waals surface area (Å²) in [6, 6.07) is 9.74. The van der Waals surface area contributed by atoms with Crippen molar-refractivity contribution in [2.45, 2.75) is 51.8 Å². The lowest BCUT2D eigenvalue weighted by Crippen LogP contribution is -2.61. The fourth-order valence-corrected chi connectivity index (χ4v) is 3.98. The molecular formula is C20H28N4O2. The number of β-amino-alcohol motifs (C(OH)–C–C–N with tert-alkyl or cyclic N) is 1. The van der Waals surface area contributed by atoms with Crippen molar-refractivity contribution in [3.8, 4) is 0 Å². The molecule has 0 unspecified atom stereocenters. The summed E-state index contributed by atoms with van der Waals surface area (Å²) in [6.07, 6.45) is 0.855. The number of aliphatic hydroxyl groups is 1. The van der Waals surface area contributed by atoms with Crippen LogP contribution in [-0.4, -0.2) is 40.0 Å². The molecule has 1 aromatic carbocycles. The fraction of sp³-hybridized carbons (Fsp3) is 0.500. The van der Waals surface area contributed by atoms with Crippen LogP contribution in [0.1, 0.15) is 35.9 Å². The number of carbonyl (C=O) groups is 1. The maximum Gasteiger partial charge on any atom is 0.242 e. The van der Waals surface area contributed by atoms with Crippen LogP contribution >= 0.6 is 0 Å². The lowest BCUT2D eigenvalue weighted by Gasteiger charge is -2.43. The summed E-state index contributed by atoms with van der Waals surface area (Å²) >= 11 is 0. The van der Waals surface area contributed by atoms with Crippen molar-refractivity contribution in [2.24, 2.45) is 0 Å². The number of hydrogen-bond acceptors (Lipinski definition) is 4. The molecule has 0 aliphatic carbocycles. The monoisotopic (exact) mass is 356 g/mol. The van der Waals surface area contributed by atoms with E-state index in [1.54, 1.807) is 4.68 Å². The molecule has 140 valence electrons. The Kier molecular flexibility index (Phi) is 5.44. The number of aromatic nitrogens is 2. The van der Waals surface area contributed by atoms with Gasteiger partial charge in [0, 0.05) is 12.2 Å². The molecule has 6 heteroatoms. The van der Waals surface area contributed by atoms with Crippen LogP contribution in [0, 0.1) is 13.8 Å². The molecule has 1 aromatic heterocycles. The van der Waals surface area contributed by atoms with Gasteiger partial charge in [-0.2, -0.15) is 5.10 Å². The number of aryl methyl sites for hydroxylation is 1. The van der Waals surface area contributed by atoms with Gasteiger partial charge in [-0.25, -0.2) is 0 Å². The molecule has 1 fully saturated rings. The molecule has 3 rings (SSSR count).